The van der Waals surface area contributed by atoms with Gasteiger partial charge in [0.1, 0.15) is 0 Å². The van der Waals surface area contributed by atoms with Crippen LogP contribution in [0.5, 0.6) is 0 Å². The molecular formula is C27H35N7O. The molecule has 1 aliphatic heterocycles. The van der Waals surface area contributed by atoms with Crippen LogP contribution in [0.15, 0.2) is 52.5 Å². The van der Waals surface area contributed by atoms with Crippen molar-refractivity contribution in [1.29, 1.82) is 0 Å². The fourth-order valence-electron chi connectivity index (χ4n) is 5.92. The molecule has 1 fully saturated rings. The third kappa shape index (κ3) is 4.30. The Morgan fingerprint density at radius 3 is 2.83 bits per heavy atom. The van der Waals surface area contributed by atoms with Gasteiger partial charge in [-0.2, -0.15) is 0 Å². The molecule has 0 spiro atoms. The average molecular weight is 474 g/mol. The number of rotatable bonds is 9. The summed E-state index contributed by atoms with van der Waals surface area (Å²) in [7, 11) is 0. The second-order valence-electron chi connectivity index (χ2n) is 10.2. The Bertz CT molecular complexity index is 1270. The number of H-pyrrole nitrogens is 1. The van der Waals surface area contributed by atoms with Gasteiger partial charge in [0.25, 0.3) is 0 Å². The minimum atomic E-state index is -0.377. The van der Waals surface area contributed by atoms with Crippen molar-refractivity contribution in [2.24, 2.45) is 16.8 Å². The Morgan fingerprint density at radius 2 is 2.14 bits per heavy atom. The molecule has 2 aliphatic rings. The molecule has 1 aromatic carbocycles. The van der Waals surface area contributed by atoms with E-state index in [-0.39, 0.29) is 11.1 Å². The van der Waals surface area contributed by atoms with Crippen molar-refractivity contribution in [2.45, 2.75) is 77.3 Å². The zero-order chi connectivity index (χ0) is 24.4. The van der Waals surface area contributed by atoms with Gasteiger partial charge in [0.05, 0.1) is 0 Å². The predicted octanol–water partition coefficient (Wildman–Crippen LogP) is 4.71. The monoisotopic (exact) mass is 473 g/mol. The third-order valence-electron chi connectivity index (χ3n) is 8.00. The number of hydrogen-bond acceptors (Lipinski definition) is 5. The van der Waals surface area contributed by atoms with Gasteiger partial charge in [0.2, 0.25) is 0 Å². The number of hydrogen-bond donors (Lipinski definition) is 1. The van der Waals surface area contributed by atoms with Crippen LogP contribution >= 0.6 is 0 Å². The van der Waals surface area contributed by atoms with E-state index in [4.69, 9.17) is 0 Å². The van der Waals surface area contributed by atoms with E-state index in [1.54, 1.807) is 0 Å². The van der Waals surface area contributed by atoms with E-state index in [1.165, 1.54) is 6.42 Å². The van der Waals surface area contributed by atoms with Crippen molar-refractivity contribution in [3.05, 3.63) is 64.5 Å². The first-order valence-electron chi connectivity index (χ1n) is 12.9. The van der Waals surface area contributed by atoms with Crippen molar-refractivity contribution in [3.63, 3.8) is 0 Å². The molecule has 3 aromatic rings. The number of allylic oxidation sites excluding steroid dienone is 1. The van der Waals surface area contributed by atoms with Crippen LogP contribution in [0.25, 0.3) is 11.4 Å². The number of benzene rings is 1. The van der Waals surface area contributed by atoms with Crippen LogP contribution in [0.4, 0.5) is 0 Å². The minimum Gasteiger partial charge on any atom is -0.295 e. The van der Waals surface area contributed by atoms with Gasteiger partial charge < -0.3 is 0 Å². The van der Waals surface area contributed by atoms with Crippen LogP contribution < -0.4 is 5.69 Å². The fourth-order valence-corrected chi connectivity index (χ4v) is 5.92. The summed E-state index contributed by atoms with van der Waals surface area (Å²) in [6.45, 7) is 7.29. The van der Waals surface area contributed by atoms with Gasteiger partial charge in [-0.15, -0.1) is 5.10 Å². The van der Waals surface area contributed by atoms with Gasteiger partial charge in [0, 0.05) is 47.9 Å². The molecule has 1 saturated carbocycles. The highest BCUT2D eigenvalue weighted by Crippen LogP contribution is 2.45. The maximum atomic E-state index is 13.9. The Labute approximate surface area is 206 Å². The number of aliphatic imine (C=N–C) groups is 1. The first kappa shape index (κ1) is 23.5. The van der Waals surface area contributed by atoms with Crippen LogP contribution in [-0.4, -0.2) is 36.0 Å². The van der Waals surface area contributed by atoms with Crippen LogP contribution in [0.2, 0.25) is 0 Å². The van der Waals surface area contributed by atoms with Crippen molar-refractivity contribution < 1.29 is 0 Å². The highest BCUT2D eigenvalue weighted by molar-refractivity contribution is 5.65. The van der Waals surface area contributed by atoms with Gasteiger partial charge >= 0.3 is 5.69 Å². The number of aromatic amines is 1. The highest BCUT2D eigenvalue weighted by Gasteiger charge is 2.40. The third-order valence-corrected chi connectivity index (χ3v) is 8.00. The zero-order valence-electron chi connectivity index (χ0n) is 20.9. The van der Waals surface area contributed by atoms with Gasteiger partial charge in [-0.3, -0.25) is 14.1 Å². The standard InChI is InChI=1S/C27H35N7O/c1-4-6-10-23-17-33(24-19(3)15-20(24)5-2)26(35)34(23)18-27(11-13-28-14-12-27)22-9-7-8-21(16-22)25-29-31-32-30-25/h7-9,11,13-14,16-17,19-20,24H,4-6,10,12,15,18H2,1-3H3,(H,29,30,31,32). The molecular weight excluding hydrogens is 438 g/mol. The molecule has 0 amide bonds. The SMILES string of the molecule is CCCCc1cn(C2C(C)CC2CC)c(=O)n1CC1(c2cccc(-c3nnn[nH]3)c2)C=CN=CC1. The number of imidazole rings is 1. The van der Waals surface area contributed by atoms with Crippen LogP contribution in [0.3, 0.4) is 0 Å². The number of nitrogens with one attached hydrogen (secondary N) is 1. The van der Waals surface area contributed by atoms with E-state index < -0.39 is 0 Å². The molecule has 1 N–H and O–H groups in total. The number of nitrogens with zero attached hydrogens (tertiary/aromatic N) is 6. The second kappa shape index (κ2) is 9.76. The lowest BCUT2D eigenvalue weighted by Crippen LogP contribution is -2.43. The molecule has 8 heteroatoms. The summed E-state index contributed by atoms with van der Waals surface area (Å²) in [6, 6.07) is 8.59. The Balaban J connectivity index is 1.57. The summed E-state index contributed by atoms with van der Waals surface area (Å²) in [5, 5.41) is 14.4. The normalized spacial score (nSPS) is 25.6. The summed E-state index contributed by atoms with van der Waals surface area (Å²) >= 11 is 0. The van der Waals surface area contributed by atoms with Crippen molar-refractivity contribution in [2.75, 3.05) is 0 Å². The first-order valence-corrected chi connectivity index (χ1v) is 12.9. The summed E-state index contributed by atoms with van der Waals surface area (Å²) in [4.78, 5) is 18.3. The maximum Gasteiger partial charge on any atom is 0.328 e. The van der Waals surface area contributed by atoms with Crippen LogP contribution in [-0.2, 0) is 18.4 Å². The quantitative estimate of drug-likeness (QED) is 0.487. The summed E-state index contributed by atoms with van der Waals surface area (Å²) in [5.74, 6) is 1.75. The zero-order valence-corrected chi connectivity index (χ0v) is 20.9. The first-order chi connectivity index (χ1) is 17.1. The van der Waals surface area contributed by atoms with Gasteiger partial charge in [-0.05, 0) is 59.6 Å². The summed E-state index contributed by atoms with van der Waals surface area (Å²) < 4.78 is 4.10. The molecule has 3 heterocycles. The Morgan fingerprint density at radius 1 is 1.26 bits per heavy atom. The molecule has 0 radical (unpaired) electrons. The van der Waals surface area contributed by atoms with Crippen molar-refractivity contribution in [3.8, 4) is 11.4 Å². The lowest BCUT2D eigenvalue weighted by Gasteiger charge is -2.43. The van der Waals surface area contributed by atoms with Gasteiger partial charge in [-0.1, -0.05) is 57.9 Å². The molecule has 8 nitrogen and oxygen atoms in total. The van der Waals surface area contributed by atoms with Crippen LogP contribution in [0, 0.1) is 11.8 Å². The highest BCUT2D eigenvalue weighted by atomic mass is 16.1. The van der Waals surface area contributed by atoms with E-state index in [9.17, 15) is 4.79 Å². The molecule has 5 rings (SSSR count). The lowest BCUT2D eigenvalue weighted by atomic mass is 9.69. The minimum absolute atomic E-state index is 0.122. The molecule has 2 aromatic heterocycles. The molecule has 4 atom stereocenters. The maximum absolute atomic E-state index is 13.9. The number of aryl methyl sites for hydroxylation is 1. The summed E-state index contributed by atoms with van der Waals surface area (Å²) in [6.07, 6.45) is 14.3. The fraction of sp³-hybridized carbons (Fsp3) is 0.519. The molecule has 0 bridgehead atoms. The lowest BCUT2D eigenvalue weighted by molar-refractivity contribution is 0.0880. The molecule has 4 unspecified atom stereocenters. The van der Waals surface area contributed by atoms with Crippen molar-refractivity contribution in [1.82, 2.24) is 29.8 Å². The largest absolute Gasteiger partial charge is 0.328 e. The van der Waals surface area contributed by atoms with E-state index in [0.29, 0.717) is 30.2 Å². The second-order valence-corrected chi connectivity index (χ2v) is 10.2. The number of tetrazole rings is 1. The van der Waals surface area contributed by atoms with Crippen molar-refractivity contribution >= 4 is 6.21 Å². The molecule has 184 valence electrons. The number of aromatic nitrogens is 6. The molecule has 1 aliphatic carbocycles. The van der Waals surface area contributed by atoms with E-state index >= 15 is 0 Å². The van der Waals surface area contributed by atoms with E-state index in [0.717, 1.165) is 48.9 Å². The van der Waals surface area contributed by atoms with Crippen LogP contribution in [0.1, 0.15) is 70.2 Å². The predicted molar refractivity (Wildman–Crippen MR) is 137 cm³/mol. The van der Waals surface area contributed by atoms with E-state index in [2.05, 4.69) is 75.4 Å². The number of unbranched alkanes of at least 4 members (excludes halogenated alkanes) is 1. The summed E-state index contributed by atoms with van der Waals surface area (Å²) in [5.41, 5.74) is 2.93. The van der Waals surface area contributed by atoms with E-state index in [1.807, 2.05) is 29.1 Å². The van der Waals surface area contributed by atoms with Gasteiger partial charge in [-0.25, -0.2) is 9.89 Å². The molecule has 35 heavy (non-hydrogen) atoms. The Hall–Kier alpha value is -3.29. The topological polar surface area (TPSA) is 93.7 Å². The smallest absolute Gasteiger partial charge is 0.295 e. The molecule has 0 saturated heterocycles. The van der Waals surface area contributed by atoms with Gasteiger partial charge in [0.15, 0.2) is 5.82 Å². The average Bonchev–Trinajstić information content (AvgIpc) is 3.52. The Kier molecular flexibility index (Phi) is 6.54.